The number of methoxy groups -OCH3 is 1. The lowest BCUT2D eigenvalue weighted by atomic mass is 9.94. The monoisotopic (exact) mass is 431 g/mol. The fraction of sp³-hybridized carbons (Fsp3) is 0.591. The minimum absolute atomic E-state index is 0.0123. The summed E-state index contributed by atoms with van der Waals surface area (Å²) in [4.78, 5) is 39.1. The van der Waals surface area contributed by atoms with Gasteiger partial charge in [-0.05, 0) is 31.4 Å². The molecule has 9 nitrogen and oxygen atoms in total. The molecule has 3 aliphatic rings. The molecule has 0 bridgehead atoms. The Morgan fingerprint density at radius 2 is 2.23 bits per heavy atom. The molecule has 2 N–H and O–H groups in total. The molecular weight excluding hydrogens is 402 g/mol. The van der Waals surface area contributed by atoms with Gasteiger partial charge in [-0.15, -0.1) is 0 Å². The Hall–Kier alpha value is -2.81. The first-order valence-corrected chi connectivity index (χ1v) is 10.8. The fourth-order valence-corrected chi connectivity index (χ4v) is 4.30. The van der Waals surface area contributed by atoms with Crippen LogP contribution in [0.25, 0.3) is 0 Å². The molecular formula is C22H29N3O6. The number of benzene rings is 1. The molecule has 0 radical (unpaired) electrons. The zero-order chi connectivity index (χ0) is 21.8. The maximum atomic E-state index is 12.7. The molecule has 1 aromatic carbocycles. The predicted octanol–water partition coefficient (Wildman–Crippen LogP) is 0.864. The molecule has 1 aromatic rings. The molecule has 9 heteroatoms. The van der Waals surface area contributed by atoms with Gasteiger partial charge >= 0.3 is 0 Å². The second-order valence-corrected chi connectivity index (χ2v) is 8.33. The summed E-state index contributed by atoms with van der Waals surface area (Å²) in [5.74, 6) is 0.553. The van der Waals surface area contributed by atoms with Crippen LogP contribution in [-0.4, -0.2) is 74.2 Å². The van der Waals surface area contributed by atoms with E-state index >= 15 is 0 Å². The van der Waals surface area contributed by atoms with E-state index in [9.17, 15) is 14.4 Å². The van der Waals surface area contributed by atoms with Crippen LogP contribution in [0.15, 0.2) is 18.2 Å². The smallest absolute Gasteiger partial charge is 0.255 e. The standard InChI is InChI=1S/C22H29N3O6/c1-29-15-4-5-17-18(11-15)31-22(14-24-21(17)28)7-6-20(27)25(9-8-22)13-19(26)23-12-16-3-2-10-30-16/h4-5,11,16H,2-3,6-10,12-14H2,1H3,(H,23,26)(H,24,28). The van der Waals surface area contributed by atoms with Gasteiger partial charge in [-0.25, -0.2) is 0 Å². The number of fused-ring (bicyclic) bond motifs is 1. The van der Waals surface area contributed by atoms with Crippen molar-refractivity contribution in [3.63, 3.8) is 0 Å². The zero-order valence-electron chi connectivity index (χ0n) is 17.8. The van der Waals surface area contributed by atoms with Crippen molar-refractivity contribution in [3.05, 3.63) is 23.8 Å². The van der Waals surface area contributed by atoms with Crippen molar-refractivity contribution in [2.45, 2.75) is 43.8 Å². The normalized spacial score (nSPS) is 25.8. The van der Waals surface area contributed by atoms with E-state index in [0.29, 0.717) is 49.5 Å². The van der Waals surface area contributed by atoms with E-state index in [1.165, 1.54) is 0 Å². The van der Waals surface area contributed by atoms with E-state index in [1.807, 2.05) is 0 Å². The van der Waals surface area contributed by atoms with E-state index in [2.05, 4.69) is 10.6 Å². The van der Waals surface area contributed by atoms with Crippen LogP contribution in [-0.2, 0) is 14.3 Å². The van der Waals surface area contributed by atoms with Crippen molar-refractivity contribution in [2.24, 2.45) is 0 Å². The summed E-state index contributed by atoms with van der Waals surface area (Å²) in [6.07, 6.45) is 3.23. The van der Waals surface area contributed by atoms with Crippen molar-refractivity contribution in [1.29, 1.82) is 0 Å². The van der Waals surface area contributed by atoms with Gasteiger partial charge in [0.2, 0.25) is 11.8 Å². The predicted molar refractivity (Wildman–Crippen MR) is 111 cm³/mol. The number of nitrogens with one attached hydrogen (secondary N) is 2. The summed E-state index contributed by atoms with van der Waals surface area (Å²) in [7, 11) is 1.56. The third-order valence-corrected chi connectivity index (χ3v) is 6.20. The van der Waals surface area contributed by atoms with Crippen molar-refractivity contribution in [2.75, 3.05) is 39.9 Å². The third kappa shape index (κ3) is 4.92. The van der Waals surface area contributed by atoms with Crippen molar-refractivity contribution < 1.29 is 28.6 Å². The number of carbonyl (C=O) groups is 3. The van der Waals surface area contributed by atoms with Gasteiger partial charge in [0.25, 0.3) is 5.91 Å². The number of rotatable bonds is 5. The highest BCUT2D eigenvalue weighted by Gasteiger charge is 2.40. The summed E-state index contributed by atoms with van der Waals surface area (Å²) in [6.45, 7) is 1.90. The van der Waals surface area contributed by atoms with Crippen LogP contribution < -0.4 is 20.1 Å². The van der Waals surface area contributed by atoms with Gasteiger partial charge in [0.15, 0.2) is 0 Å². The highest BCUT2D eigenvalue weighted by atomic mass is 16.5. The maximum absolute atomic E-state index is 12.7. The highest BCUT2D eigenvalue weighted by Crippen LogP contribution is 2.35. The number of hydrogen-bond donors (Lipinski definition) is 2. The van der Waals surface area contributed by atoms with E-state index in [-0.39, 0.29) is 36.8 Å². The zero-order valence-corrected chi connectivity index (χ0v) is 17.8. The minimum atomic E-state index is -0.716. The lowest BCUT2D eigenvalue weighted by Crippen LogP contribution is -2.46. The molecule has 1 spiro atoms. The molecule has 2 fully saturated rings. The molecule has 0 aromatic heterocycles. The van der Waals surface area contributed by atoms with Crippen LogP contribution in [0.5, 0.6) is 11.5 Å². The molecule has 4 rings (SSSR count). The lowest BCUT2D eigenvalue weighted by Gasteiger charge is -2.32. The molecule has 2 saturated heterocycles. The molecule has 168 valence electrons. The van der Waals surface area contributed by atoms with Gasteiger partial charge in [0, 0.05) is 38.6 Å². The number of ether oxygens (including phenoxy) is 3. The Kier molecular flexibility index (Phi) is 6.31. The summed E-state index contributed by atoms with van der Waals surface area (Å²) in [5, 5.41) is 5.79. The Morgan fingerprint density at radius 3 is 3.00 bits per heavy atom. The average Bonchev–Trinajstić information content (AvgIpc) is 3.20. The van der Waals surface area contributed by atoms with Gasteiger partial charge in [0.05, 0.1) is 31.9 Å². The van der Waals surface area contributed by atoms with Crippen LogP contribution in [0.1, 0.15) is 42.5 Å². The van der Waals surface area contributed by atoms with Crippen molar-refractivity contribution >= 4 is 17.7 Å². The largest absolute Gasteiger partial charge is 0.497 e. The second kappa shape index (κ2) is 9.13. The third-order valence-electron chi connectivity index (χ3n) is 6.20. The number of hydrogen-bond acceptors (Lipinski definition) is 6. The molecule has 2 unspecified atom stereocenters. The van der Waals surface area contributed by atoms with Gasteiger partial charge in [0.1, 0.15) is 17.1 Å². The number of amides is 3. The van der Waals surface area contributed by atoms with Crippen LogP contribution in [0.2, 0.25) is 0 Å². The lowest BCUT2D eigenvalue weighted by molar-refractivity contribution is -0.135. The summed E-state index contributed by atoms with van der Waals surface area (Å²) >= 11 is 0. The quantitative estimate of drug-likeness (QED) is 0.717. The molecule has 31 heavy (non-hydrogen) atoms. The maximum Gasteiger partial charge on any atom is 0.255 e. The minimum Gasteiger partial charge on any atom is -0.497 e. The van der Waals surface area contributed by atoms with Gasteiger partial charge in [-0.2, -0.15) is 0 Å². The second-order valence-electron chi connectivity index (χ2n) is 8.33. The molecule has 0 saturated carbocycles. The van der Waals surface area contributed by atoms with Crippen LogP contribution in [0, 0.1) is 0 Å². The highest BCUT2D eigenvalue weighted by molar-refractivity contribution is 5.97. The van der Waals surface area contributed by atoms with E-state index < -0.39 is 5.60 Å². The first-order valence-electron chi connectivity index (χ1n) is 10.8. The number of likely N-dealkylation sites (tertiary alicyclic amines) is 1. The van der Waals surface area contributed by atoms with Crippen LogP contribution >= 0.6 is 0 Å². The molecule has 0 aliphatic carbocycles. The summed E-state index contributed by atoms with van der Waals surface area (Å²) in [6, 6.07) is 5.09. The van der Waals surface area contributed by atoms with E-state index in [4.69, 9.17) is 14.2 Å². The first kappa shape index (κ1) is 21.4. The average molecular weight is 431 g/mol. The topological polar surface area (TPSA) is 106 Å². The Labute approximate surface area is 181 Å². The van der Waals surface area contributed by atoms with E-state index in [0.717, 1.165) is 19.4 Å². The Balaban J connectivity index is 1.41. The molecule has 3 aliphatic heterocycles. The van der Waals surface area contributed by atoms with Crippen molar-refractivity contribution in [3.8, 4) is 11.5 Å². The summed E-state index contributed by atoms with van der Waals surface area (Å²) in [5.41, 5.74) is -0.273. The van der Waals surface area contributed by atoms with E-state index in [1.54, 1.807) is 30.2 Å². The Bertz CT molecular complexity index is 854. The van der Waals surface area contributed by atoms with Crippen LogP contribution in [0.3, 0.4) is 0 Å². The number of nitrogens with zero attached hydrogens (tertiary/aromatic N) is 1. The van der Waals surface area contributed by atoms with Crippen LogP contribution in [0.4, 0.5) is 0 Å². The molecule has 3 amide bonds. The van der Waals surface area contributed by atoms with Gasteiger partial charge < -0.3 is 29.7 Å². The number of carbonyl (C=O) groups excluding carboxylic acids is 3. The first-order chi connectivity index (χ1) is 15.0. The summed E-state index contributed by atoms with van der Waals surface area (Å²) < 4.78 is 17.1. The van der Waals surface area contributed by atoms with Gasteiger partial charge in [-0.3, -0.25) is 14.4 Å². The SMILES string of the molecule is COc1ccc2c(c1)OC1(CCC(=O)N(CC(=O)NCC3CCCO3)CC1)CNC2=O. The van der Waals surface area contributed by atoms with Crippen molar-refractivity contribution in [1.82, 2.24) is 15.5 Å². The molecule has 2 atom stereocenters. The van der Waals surface area contributed by atoms with Gasteiger partial charge in [-0.1, -0.05) is 0 Å². The fourth-order valence-electron chi connectivity index (χ4n) is 4.30. The Morgan fingerprint density at radius 1 is 1.35 bits per heavy atom. The molecule has 3 heterocycles.